The Morgan fingerprint density at radius 1 is 0.667 bits per heavy atom. The van der Waals surface area contributed by atoms with E-state index in [1.54, 1.807) is 0 Å². The maximum Gasteiger partial charge on any atom is -0.0246 e. The van der Waals surface area contributed by atoms with Crippen molar-refractivity contribution in [3.8, 4) is 0 Å². The Bertz CT molecular complexity index is 794. The van der Waals surface area contributed by atoms with Crippen LogP contribution in [0.15, 0.2) is 81.6 Å². The number of hydrogen-bond donors (Lipinski definition) is 0. The molecule has 30 heavy (non-hydrogen) atoms. The SMILES string of the molecule is CC1=C(C)C(C)(C)[C]([Ru][Cl])=C1C.CP(C)c1ccccc1.CP(C)c1ccccc1. The van der Waals surface area contributed by atoms with Crippen molar-refractivity contribution in [1.29, 1.82) is 0 Å². The zero-order valence-corrected chi connectivity index (χ0v) is 24.2. The van der Waals surface area contributed by atoms with Crippen LogP contribution < -0.4 is 10.6 Å². The van der Waals surface area contributed by atoms with Gasteiger partial charge in [0.25, 0.3) is 0 Å². The molecule has 2 aromatic rings. The van der Waals surface area contributed by atoms with E-state index in [4.69, 9.17) is 9.69 Å². The average molecular weight is 548 g/mol. The monoisotopic (exact) mass is 548 g/mol. The fraction of sp³-hybridized carbons (Fsp3) is 0.385. The molecule has 1 aliphatic carbocycles. The first-order chi connectivity index (χ1) is 14.0. The molecule has 0 radical (unpaired) electrons. The van der Waals surface area contributed by atoms with Gasteiger partial charge in [0.05, 0.1) is 0 Å². The Balaban J connectivity index is 0.000000229. The van der Waals surface area contributed by atoms with E-state index in [0.29, 0.717) is 0 Å². The molecule has 3 rings (SSSR count). The van der Waals surface area contributed by atoms with Gasteiger partial charge in [-0.15, -0.1) is 0 Å². The summed E-state index contributed by atoms with van der Waals surface area (Å²) >= 11 is -0.101. The second-order valence-electron chi connectivity index (χ2n) is 8.33. The summed E-state index contributed by atoms with van der Waals surface area (Å²) in [5, 5.41) is 2.96. The van der Waals surface area contributed by atoms with Gasteiger partial charge in [0.15, 0.2) is 0 Å². The molecule has 0 nitrogen and oxygen atoms in total. The van der Waals surface area contributed by atoms with Crippen molar-refractivity contribution in [1.82, 2.24) is 0 Å². The normalized spacial score (nSPS) is 15.2. The van der Waals surface area contributed by atoms with Gasteiger partial charge < -0.3 is 0 Å². The zero-order valence-electron chi connectivity index (χ0n) is 19.9. The quantitative estimate of drug-likeness (QED) is 0.270. The maximum atomic E-state index is 6.02. The van der Waals surface area contributed by atoms with Crippen molar-refractivity contribution < 1.29 is 16.1 Å². The number of allylic oxidation sites excluding steroid dienone is 4. The molecule has 0 saturated heterocycles. The summed E-state index contributed by atoms with van der Waals surface area (Å²) < 4.78 is 1.48. The molecule has 0 unspecified atom stereocenters. The summed E-state index contributed by atoms with van der Waals surface area (Å²) in [7, 11) is 6.23. The Morgan fingerprint density at radius 3 is 1.20 bits per heavy atom. The first kappa shape index (κ1) is 27.7. The van der Waals surface area contributed by atoms with Crippen molar-refractivity contribution in [2.75, 3.05) is 26.7 Å². The number of benzene rings is 2. The van der Waals surface area contributed by atoms with Gasteiger partial charge in [-0.1, -0.05) is 76.5 Å². The molecule has 0 aromatic heterocycles. The molecule has 0 aliphatic heterocycles. The number of halogens is 1. The van der Waals surface area contributed by atoms with Crippen LogP contribution in [-0.2, 0) is 16.1 Å². The van der Waals surface area contributed by atoms with E-state index in [-0.39, 0.29) is 37.4 Å². The van der Waals surface area contributed by atoms with Gasteiger partial charge in [-0.25, -0.2) is 0 Å². The van der Waals surface area contributed by atoms with Gasteiger partial charge >= 0.3 is 86.7 Å². The van der Waals surface area contributed by atoms with Gasteiger partial charge in [0.2, 0.25) is 0 Å². The summed E-state index contributed by atoms with van der Waals surface area (Å²) in [5.41, 5.74) is 4.61. The second-order valence-corrected chi connectivity index (χ2v) is 14.9. The third kappa shape index (κ3) is 7.99. The van der Waals surface area contributed by atoms with E-state index >= 15 is 0 Å². The van der Waals surface area contributed by atoms with E-state index < -0.39 is 0 Å². The molecule has 0 saturated carbocycles. The Labute approximate surface area is 199 Å². The summed E-state index contributed by atoms with van der Waals surface area (Å²) in [4.78, 5) is 0. The first-order valence-corrected chi connectivity index (χ1v) is 17.7. The number of rotatable bonds is 3. The molecule has 2 aromatic carbocycles. The van der Waals surface area contributed by atoms with E-state index in [2.05, 4.69) is 122 Å². The van der Waals surface area contributed by atoms with Crippen LogP contribution >= 0.6 is 25.5 Å². The predicted octanol–water partition coefficient (Wildman–Crippen LogP) is 7.98. The molecule has 0 N–H and O–H groups in total. The molecule has 0 fully saturated rings. The van der Waals surface area contributed by atoms with Crippen molar-refractivity contribution in [2.24, 2.45) is 5.41 Å². The average Bonchev–Trinajstić information content (AvgIpc) is 2.89. The minimum absolute atomic E-state index is 0.101. The van der Waals surface area contributed by atoms with Crippen LogP contribution in [0.3, 0.4) is 0 Å². The van der Waals surface area contributed by atoms with E-state index in [1.165, 1.54) is 31.5 Å². The minimum Gasteiger partial charge on any atom is -0.0817 e. The standard InChI is InChI=1S/C10H15.2C8H11P.ClH.Ru/c1-7-6-10(4,5)9(3)8(7)2;2*1-9(2)8-6-4-3-5-7-8;;/h1-5H3;2*3-7H,1-2H3;1H;/q;;;;+1/p-1. The summed E-state index contributed by atoms with van der Waals surface area (Å²) in [5.74, 6) is 0. The van der Waals surface area contributed by atoms with E-state index in [1.807, 2.05) is 0 Å². The van der Waals surface area contributed by atoms with Gasteiger partial charge in [-0.05, 0) is 37.3 Å². The first-order valence-electron chi connectivity index (χ1n) is 10.1. The van der Waals surface area contributed by atoms with Crippen molar-refractivity contribution >= 4 is 36.1 Å². The molecule has 166 valence electrons. The topological polar surface area (TPSA) is 0 Å². The summed E-state index contributed by atoms with van der Waals surface area (Å²) in [6.07, 6.45) is 0. The van der Waals surface area contributed by atoms with Gasteiger partial charge in [-0.2, -0.15) is 0 Å². The van der Waals surface area contributed by atoms with Crippen LogP contribution in [0.25, 0.3) is 0 Å². The molecular weight excluding hydrogens is 511 g/mol. The third-order valence-corrected chi connectivity index (χ3v) is 11.0. The smallest absolute Gasteiger partial charge is 0.0246 e. The fourth-order valence-corrected chi connectivity index (χ4v) is 7.55. The van der Waals surface area contributed by atoms with Gasteiger partial charge in [0.1, 0.15) is 0 Å². The molecule has 0 heterocycles. The van der Waals surface area contributed by atoms with Crippen LogP contribution in [0.1, 0.15) is 34.6 Å². The van der Waals surface area contributed by atoms with Crippen LogP contribution in [-0.4, -0.2) is 26.7 Å². The van der Waals surface area contributed by atoms with Crippen LogP contribution in [0.2, 0.25) is 0 Å². The minimum atomic E-state index is -0.101. The van der Waals surface area contributed by atoms with E-state index in [9.17, 15) is 0 Å². The van der Waals surface area contributed by atoms with Crippen LogP contribution in [0.5, 0.6) is 0 Å². The van der Waals surface area contributed by atoms with Crippen molar-refractivity contribution in [3.05, 3.63) is 81.6 Å². The Morgan fingerprint density at radius 2 is 1.03 bits per heavy atom. The molecule has 4 heteroatoms. The van der Waals surface area contributed by atoms with Crippen molar-refractivity contribution in [2.45, 2.75) is 34.6 Å². The third-order valence-electron chi connectivity index (χ3n) is 5.53. The second kappa shape index (κ2) is 13.3. The molecule has 0 bridgehead atoms. The Hall–Kier alpha value is -0.307. The van der Waals surface area contributed by atoms with Gasteiger partial charge in [-0.3, -0.25) is 0 Å². The zero-order chi connectivity index (χ0) is 22.9. The van der Waals surface area contributed by atoms with Crippen LogP contribution in [0, 0.1) is 5.41 Å². The predicted molar refractivity (Wildman–Crippen MR) is 140 cm³/mol. The molecule has 0 atom stereocenters. The maximum absolute atomic E-state index is 6.02. The van der Waals surface area contributed by atoms with E-state index in [0.717, 1.165) is 0 Å². The fourth-order valence-electron chi connectivity index (χ4n) is 3.12. The molecule has 1 aliphatic rings. The van der Waals surface area contributed by atoms with Gasteiger partial charge in [0, 0.05) is 0 Å². The molecule has 0 amide bonds. The van der Waals surface area contributed by atoms with Crippen LogP contribution in [0.4, 0.5) is 0 Å². The largest absolute Gasteiger partial charge is 0.0817 e. The summed E-state index contributed by atoms with van der Waals surface area (Å²) in [6.45, 7) is 20.2. The molecular formula is C26H37ClP2Ru. The Kier molecular flexibility index (Phi) is 12.3. The summed E-state index contributed by atoms with van der Waals surface area (Å²) in [6, 6.07) is 21.2. The molecule has 0 spiro atoms. The number of hydrogen-bond acceptors (Lipinski definition) is 0. The van der Waals surface area contributed by atoms with Crippen molar-refractivity contribution in [3.63, 3.8) is 0 Å².